The second-order valence-corrected chi connectivity index (χ2v) is 9.77. The summed E-state index contributed by atoms with van der Waals surface area (Å²) in [6, 6.07) is 18.7. The summed E-state index contributed by atoms with van der Waals surface area (Å²) in [5, 5.41) is 0. The third-order valence-corrected chi connectivity index (χ3v) is 7.64. The number of furan rings is 1. The summed E-state index contributed by atoms with van der Waals surface area (Å²) in [6.45, 7) is 1.13. The maximum Gasteiger partial charge on any atom is 0.245 e. The number of carbonyl (C=O) groups excluding carboxylic acids is 1. The number of halogens is 1. The Balaban J connectivity index is 1.45. The average Bonchev–Trinajstić information content (AvgIpc) is 3.32. The molecule has 1 aromatic heterocycles. The van der Waals surface area contributed by atoms with Gasteiger partial charge >= 0.3 is 0 Å². The molecule has 1 saturated heterocycles. The summed E-state index contributed by atoms with van der Waals surface area (Å²) in [7, 11) is -3.93. The zero-order chi connectivity index (χ0) is 22.6. The number of benzene rings is 2. The van der Waals surface area contributed by atoms with E-state index < -0.39 is 15.8 Å². The quantitative estimate of drug-likeness (QED) is 0.538. The Morgan fingerprint density at radius 1 is 0.969 bits per heavy atom. The van der Waals surface area contributed by atoms with Gasteiger partial charge in [-0.2, -0.15) is 4.31 Å². The van der Waals surface area contributed by atoms with Crippen LogP contribution in [-0.2, 0) is 27.9 Å². The predicted molar refractivity (Wildman–Crippen MR) is 117 cm³/mol. The van der Waals surface area contributed by atoms with E-state index in [1.165, 1.54) is 22.5 Å². The van der Waals surface area contributed by atoms with E-state index in [0.717, 1.165) is 11.6 Å². The van der Waals surface area contributed by atoms with Gasteiger partial charge in [-0.15, -0.1) is 0 Å². The summed E-state index contributed by atoms with van der Waals surface area (Å²) in [5.41, 5.74) is 1.01. The van der Waals surface area contributed by atoms with Crippen molar-refractivity contribution in [2.24, 2.45) is 5.92 Å². The Labute approximate surface area is 187 Å². The molecule has 0 N–H and O–H groups in total. The third-order valence-electron chi connectivity index (χ3n) is 5.71. The number of sulfonamides is 1. The number of carbonyl (C=O) groups is 1. The van der Waals surface area contributed by atoms with E-state index in [1.807, 2.05) is 36.4 Å². The zero-order valence-electron chi connectivity index (χ0n) is 17.6. The van der Waals surface area contributed by atoms with Gasteiger partial charge in [-0.05, 0) is 42.7 Å². The Morgan fingerprint density at radius 2 is 1.66 bits per heavy atom. The lowest BCUT2D eigenvalue weighted by atomic mass is 9.96. The van der Waals surface area contributed by atoms with Crippen LogP contribution in [0.2, 0.25) is 0 Å². The van der Waals surface area contributed by atoms with Crippen LogP contribution in [-0.4, -0.2) is 36.6 Å². The van der Waals surface area contributed by atoms with Gasteiger partial charge in [-0.1, -0.05) is 42.5 Å². The van der Waals surface area contributed by atoms with Crippen molar-refractivity contribution in [1.82, 2.24) is 9.21 Å². The van der Waals surface area contributed by atoms with Crippen molar-refractivity contribution in [3.63, 3.8) is 0 Å². The second kappa shape index (κ2) is 9.67. The lowest BCUT2D eigenvalue weighted by molar-refractivity contribution is -0.138. The van der Waals surface area contributed by atoms with E-state index >= 15 is 0 Å². The normalized spacial score (nSPS) is 15.5. The van der Waals surface area contributed by atoms with E-state index in [9.17, 15) is 17.6 Å². The fourth-order valence-electron chi connectivity index (χ4n) is 4.00. The third kappa shape index (κ3) is 4.92. The molecule has 0 radical (unpaired) electrons. The molecule has 0 bridgehead atoms. The summed E-state index contributed by atoms with van der Waals surface area (Å²) in [6.07, 6.45) is 2.35. The van der Waals surface area contributed by atoms with Crippen molar-refractivity contribution in [2.75, 3.05) is 13.1 Å². The molecule has 4 rings (SSSR count). The standard InChI is InChI=1S/C24H25FN2O4S/c25-22-10-4-5-11-23(22)32(29,30)27-14-12-20(13-15-27)24(28)26(18-21-9-6-16-31-21)17-19-7-2-1-3-8-19/h1-11,16,20H,12-15,17-18H2. The first-order valence-corrected chi connectivity index (χ1v) is 12.0. The number of rotatable bonds is 7. The molecule has 1 fully saturated rings. The van der Waals surface area contributed by atoms with Gasteiger partial charge in [0, 0.05) is 25.6 Å². The van der Waals surface area contributed by atoms with Gasteiger partial charge in [0.2, 0.25) is 15.9 Å². The van der Waals surface area contributed by atoms with Crippen LogP contribution in [0.15, 0.2) is 82.3 Å². The highest BCUT2D eigenvalue weighted by Crippen LogP contribution is 2.27. The number of hydrogen-bond acceptors (Lipinski definition) is 4. The zero-order valence-corrected chi connectivity index (χ0v) is 18.4. The first-order valence-electron chi connectivity index (χ1n) is 10.5. The van der Waals surface area contributed by atoms with Crippen molar-refractivity contribution in [2.45, 2.75) is 30.8 Å². The van der Waals surface area contributed by atoms with Gasteiger partial charge in [0.05, 0.1) is 12.8 Å². The van der Waals surface area contributed by atoms with Crippen LogP contribution in [0.4, 0.5) is 4.39 Å². The SMILES string of the molecule is O=C(C1CCN(S(=O)(=O)c2ccccc2F)CC1)N(Cc1ccccc1)Cc1ccco1. The molecule has 168 valence electrons. The molecule has 2 heterocycles. The van der Waals surface area contributed by atoms with Gasteiger partial charge < -0.3 is 9.32 Å². The number of hydrogen-bond donors (Lipinski definition) is 0. The molecule has 0 aliphatic carbocycles. The molecule has 2 aromatic carbocycles. The van der Waals surface area contributed by atoms with E-state index in [0.29, 0.717) is 31.7 Å². The van der Waals surface area contributed by atoms with Crippen molar-refractivity contribution in [1.29, 1.82) is 0 Å². The fraction of sp³-hybridized carbons (Fsp3) is 0.292. The molecule has 0 saturated carbocycles. The van der Waals surface area contributed by atoms with Crippen LogP contribution < -0.4 is 0 Å². The van der Waals surface area contributed by atoms with Crippen LogP contribution in [0.3, 0.4) is 0 Å². The summed E-state index contributed by atoms with van der Waals surface area (Å²) < 4.78 is 46.5. The van der Waals surface area contributed by atoms with E-state index in [1.54, 1.807) is 17.2 Å². The molecule has 8 heteroatoms. The Morgan fingerprint density at radius 3 is 2.31 bits per heavy atom. The minimum absolute atomic E-state index is 0.0341. The maximum atomic E-state index is 14.1. The Kier molecular flexibility index (Phi) is 6.72. The Bertz CT molecular complexity index is 1140. The highest BCUT2D eigenvalue weighted by molar-refractivity contribution is 7.89. The molecular formula is C24H25FN2O4S. The lowest BCUT2D eigenvalue weighted by Gasteiger charge is -2.33. The molecule has 1 aliphatic rings. The van der Waals surface area contributed by atoms with Gasteiger partial charge in [0.15, 0.2) is 0 Å². The Hall–Kier alpha value is -2.97. The largest absolute Gasteiger partial charge is 0.467 e. The van der Waals surface area contributed by atoms with Crippen molar-refractivity contribution in [3.05, 3.63) is 90.1 Å². The van der Waals surface area contributed by atoms with Gasteiger partial charge in [0.1, 0.15) is 16.5 Å². The molecule has 0 unspecified atom stereocenters. The fourth-order valence-corrected chi connectivity index (χ4v) is 5.54. The van der Waals surface area contributed by atoms with Crippen molar-refractivity contribution in [3.8, 4) is 0 Å². The number of piperidine rings is 1. The van der Waals surface area contributed by atoms with Crippen LogP contribution in [0.25, 0.3) is 0 Å². The topological polar surface area (TPSA) is 70.8 Å². The van der Waals surface area contributed by atoms with Crippen LogP contribution >= 0.6 is 0 Å². The molecule has 1 aliphatic heterocycles. The lowest BCUT2D eigenvalue weighted by Crippen LogP contribution is -2.44. The van der Waals surface area contributed by atoms with E-state index in [4.69, 9.17) is 4.42 Å². The van der Waals surface area contributed by atoms with Gasteiger partial charge in [-0.3, -0.25) is 4.79 Å². The molecular weight excluding hydrogens is 431 g/mol. The molecule has 6 nitrogen and oxygen atoms in total. The molecule has 3 aromatic rings. The van der Waals surface area contributed by atoms with Crippen molar-refractivity contribution >= 4 is 15.9 Å². The second-order valence-electron chi connectivity index (χ2n) is 7.87. The summed E-state index contributed by atoms with van der Waals surface area (Å²) in [5.74, 6) is -0.416. The number of nitrogens with zero attached hydrogens (tertiary/aromatic N) is 2. The molecule has 32 heavy (non-hydrogen) atoms. The highest BCUT2D eigenvalue weighted by atomic mass is 32.2. The van der Waals surface area contributed by atoms with Gasteiger partial charge in [0.25, 0.3) is 0 Å². The van der Waals surface area contributed by atoms with Crippen LogP contribution in [0.1, 0.15) is 24.2 Å². The number of amides is 1. The van der Waals surface area contributed by atoms with Gasteiger partial charge in [-0.25, -0.2) is 12.8 Å². The minimum Gasteiger partial charge on any atom is -0.467 e. The smallest absolute Gasteiger partial charge is 0.245 e. The average molecular weight is 457 g/mol. The molecule has 0 spiro atoms. The van der Waals surface area contributed by atoms with E-state index in [2.05, 4.69) is 0 Å². The molecule has 0 atom stereocenters. The first kappa shape index (κ1) is 22.2. The maximum absolute atomic E-state index is 14.1. The highest BCUT2D eigenvalue weighted by Gasteiger charge is 2.35. The van der Waals surface area contributed by atoms with Crippen molar-refractivity contribution < 1.29 is 22.0 Å². The molecule has 1 amide bonds. The van der Waals surface area contributed by atoms with Crippen LogP contribution in [0, 0.1) is 11.7 Å². The minimum atomic E-state index is -3.93. The summed E-state index contributed by atoms with van der Waals surface area (Å²) in [4.78, 5) is 14.8. The van der Waals surface area contributed by atoms with E-state index in [-0.39, 0.29) is 29.8 Å². The predicted octanol–water partition coefficient (Wildman–Crippen LogP) is 4.05. The van der Waals surface area contributed by atoms with Crippen LogP contribution in [0.5, 0.6) is 0 Å². The summed E-state index contributed by atoms with van der Waals surface area (Å²) >= 11 is 0. The monoisotopic (exact) mass is 456 g/mol. The first-order chi connectivity index (χ1) is 15.4.